The van der Waals surface area contributed by atoms with Gasteiger partial charge in [-0.25, -0.2) is 0 Å². The van der Waals surface area contributed by atoms with Crippen LogP contribution in [0, 0.1) is 5.92 Å². The Morgan fingerprint density at radius 2 is 1.67 bits per heavy atom. The third-order valence-electron chi connectivity index (χ3n) is 5.71. The van der Waals surface area contributed by atoms with Crippen LogP contribution < -0.4 is 5.32 Å². The van der Waals surface area contributed by atoms with Gasteiger partial charge in [0.2, 0.25) is 0 Å². The van der Waals surface area contributed by atoms with Crippen molar-refractivity contribution in [3.05, 3.63) is 0 Å². The van der Waals surface area contributed by atoms with Gasteiger partial charge < -0.3 is 35.2 Å². The maximum absolute atomic E-state index is 9.98. The Morgan fingerprint density at radius 1 is 0.917 bits per heavy atom. The molecule has 1 aliphatic heterocycles. The first-order chi connectivity index (χ1) is 11.6. The van der Waals surface area contributed by atoms with Crippen molar-refractivity contribution in [1.82, 2.24) is 5.32 Å². The van der Waals surface area contributed by atoms with Gasteiger partial charge in [-0.3, -0.25) is 0 Å². The number of hydrogen-bond donors (Lipinski definition) is 5. The van der Waals surface area contributed by atoms with E-state index >= 15 is 0 Å². The summed E-state index contributed by atoms with van der Waals surface area (Å²) in [5.74, 6) is 0.399. The average molecular weight is 345 g/mol. The second kappa shape index (κ2) is 8.40. The molecule has 1 heterocycles. The Morgan fingerprint density at radius 3 is 2.38 bits per heavy atom. The number of aliphatic hydroxyl groups excluding tert-OH is 4. The summed E-state index contributed by atoms with van der Waals surface area (Å²) in [6, 6.07) is 1.21. The largest absolute Gasteiger partial charge is 0.394 e. The van der Waals surface area contributed by atoms with E-state index in [0.717, 1.165) is 19.3 Å². The normalized spacial score (nSPS) is 44.2. The van der Waals surface area contributed by atoms with Crippen LogP contribution in [-0.2, 0) is 9.47 Å². The van der Waals surface area contributed by atoms with E-state index in [9.17, 15) is 20.4 Å². The van der Waals surface area contributed by atoms with Crippen molar-refractivity contribution >= 4 is 0 Å². The van der Waals surface area contributed by atoms with Crippen LogP contribution in [0.5, 0.6) is 0 Å². The van der Waals surface area contributed by atoms with Gasteiger partial charge in [-0.1, -0.05) is 12.8 Å². The van der Waals surface area contributed by atoms with E-state index in [1.165, 1.54) is 25.7 Å². The zero-order chi connectivity index (χ0) is 17.1. The molecule has 0 amide bonds. The molecule has 7 atom stereocenters. The fourth-order valence-corrected chi connectivity index (χ4v) is 4.24. The van der Waals surface area contributed by atoms with E-state index in [1.807, 2.05) is 0 Å². The molecular weight excluding hydrogens is 314 g/mol. The van der Waals surface area contributed by atoms with E-state index in [1.54, 1.807) is 0 Å². The molecule has 0 aromatic heterocycles. The fourth-order valence-electron chi connectivity index (χ4n) is 4.24. The highest BCUT2D eigenvalue weighted by atomic mass is 16.7. The predicted molar refractivity (Wildman–Crippen MR) is 86.2 cm³/mol. The van der Waals surface area contributed by atoms with Crippen LogP contribution in [0.3, 0.4) is 0 Å². The summed E-state index contributed by atoms with van der Waals surface area (Å²) in [5, 5.41) is 42.5. The lowest BCUT2D eigenvalue weighted by Gasteiger charge is -2.39. The number of rotatable bonds is 6. The molecule has 0 aromatic carbocycles. The van der Waals surface area contributed by atoms with Gasteiger partial charge >= 0.3 is 0 Å². The smallest absolute Gasteiger partial charge is 0.186 e. The Kier molecular flexibility index (Phi) is 6.48. The zero-order valence-electron chi connectivity index (χ0n) is 14.1. The first-order valence-electron chi connectivity index (χ1n) is 9.26. The summed E-state index contributed by atoms with van der Waals surface area (Å²) in [5.41, 5.74) is 0. The Hall–Kier alpha value is -0.280. The zero-order valence-corrected chi connectivity index (χ0v) is 14.1. The number of hydrogen-bond acceptors (Lipinski definition) is 7. The SMILES string of the molecule is OC[C@H]1O[C@@H](OCC2CCC(NC3CCCC3)C2)[C@H](O)[C@@H](O)[C@H]1O. The summed E-state index contributed by atoms with van der Waals surface area (Å²) in [6.07, 6.45) is 2.53. The number of aliphatic hydroxyl groups is 4. The minimum absolute atomic E-state index is 0.399. The summed E-state index contributed by atoms with van der Waals surface area (Å²) < 4.78 is 11.0. The molecule has 7 nitrogen and oxygen atoms in total. The highest BCUT2D eigenvalue weighted by molar-refractivity contribution is 4.89. The number of ether oxygens (including phenoxy) is 2. The van der Waals surface area contributed by atoms with E-state index < -0.39 is 37.3 Å². The van der Waals surface area contributed by atoms with Crippen LogP contribution in [0.15, 0.2) is 0 Å². The molecule has 7 heteroatoms. The molecule has 1 saturated heterocycles. The Bertz CT molecular complexity index is 389. The van der Waals surface area contributed by atoms with E-state index in [2.05, 4.69) is 5.32 Å². The van der Waals surface area contributed by atoms with Gasteiger partial charge in [0.15, 0.2) is 6.29 Å². The lowest BCUT2D eigenvalue weighted by Crippen LogP contribution is -2.59. The molecule has 2 saturated carbocycles. The van der Waals surface area contributed by atoms with Crippen molar-refractivity contribution in [2.24, 2.45) is 5.92 Å². The minimum Gasteiger partial charge on any atom is -0.394 e. The Labute approximate surface area is 143 Å². The summed E-state index contributed by atoms with van der Waals surface area (Å²) in [4.78, 5) is 0. The molecule has 0 radical (unpaired) electrons. The molecule has 2 aliphatic carbocycles. The van der Waals surface area contributed by atoms with E-state index in [4.69, 9.17) is 9.47 Å². The molecule has 3 fully saturated rings. The first-order valence-corrected chi connectivity index (χ1v) is 9.26. The molecule has 3 rings (SSSR count). The van der Waals surface area contributed by atoms with Gasteiger partial charge in [-0.15, -0.1) is 0 Å². The van der Waals surface area contributed by atoms with Crippen LogP contribution in [-0.4, -0.2) is 76.4 Å². The maximum atomic E-state index is 9.98. The first kappa shape index (κ1) is 18.5. The van der Waals surface area contributed by atoms with Gasteiger partial charge in [0.25, 0.3) is 0 Å². The van der Waals surface area contributed by atoms with Gasteiger partial charge in [0.1, 0.15) is 24.4 Å². The summed E-state index contributed by atoms with van der Waals surface area (Å²) >= 11 is 0. The minimum atomic E-state index is -1.37. The van der Waals surface area contributed by atoms with Crippen molar-refractivity contribution in [2.45, 2.75) is 87.7 Å². The molecule has 5 N–H and O–H groups in total. The standard InChI is InChI=1S/C17H31NO6/c19-8-13-14(20)15(21)16(22)17(24-13)23-9-10-5-6-12(7-10)18-11-3-1-2-4-11/h10-22H,1-9H2/t10?,12?,13-,14+,15+,16-,17-/m1/s1. The molecule has 0 spiro atoms. The van der Waals surface area contributed by atoms with Crippen molar-refractivity contribution < 1.29 is 29.9 Å². The Balaban J connectivity index is 1.42. The predicted octanol–water partition coefficient (Wildman–Crippen LogP) is -0.496. The third-order valence-corrected chi connectivity index (χ3v) is 5.71. The fraction of sp³-hybridized carbons (Fsp3) is 1.00. The summed E-state index contributed by atoms with van der Waals surface area (Å²) in [6.45, 7) is 0.0210. The van der Waals surface area contributed by atoms with E-state index in [0.29, 0.717) is 24.6 Å². The van der Waals surface area contributed by atoms with Gasteiger partial charge in [-0.2, -0.15) is 0 Å². The molecule has 0 bridgehead atoms. The lowest BCUT2D eigenvalue weighted by molar-refractivity contribution is -0.303. The average Bonchev–Trinajstić information content (AvgIpc) is 3.24. The molecular formula is C17H31NO6. The van der Waals surface area contributed by atoms with Crippen LogP contribution in [0.25, 0.3) is 0 Å². The van der Waals surface area contributed by atoms with Gasteiger partial charge in [0.05, 0.1) is 13.2 Å². The van der Waals surface area contributed by atoms with Crippen LogP contribution >= 0.6 is 0 Å². The van der Waals surface area contributed by atoms with Crippen molar-refractivity contribution in [3.8, 4) is 0 Å². The molecule has 140 valence electrons. The van der Waals surface area contributed by atoms with Gasteiger partial charge in [0, 0.05) is 12.1 Å². The van der Waals surface area contributed by atoms with Crippen molar-refractivity contribution in [3.63, 3.8) is 0 Å². The molecule has 3 aliphatic rings. The molecule has 2 unspecified atom stereocenters. The van der Waals surface area contributed by atoms with Gasteiger partial charge in [-0.05, 0) is 38.0 Å². The van der Waals surface area contributed by atoms with Crippen LogP contribution in [0.4, 0.5) is 0 Å². The maximum Gasteiger partial charge on any atom is 0.186 e. The van der Waals surface area contributed by atoms with Crippen molar-refractivity contribution in [1.29, 1.82) is 0 Å². The third kappa shape index (κ3) is 4.27. The summed E-state index contributed by atoms with van der Waals surface area (Å²) in [7, 11) is 0. The molecule has 0 aromatic rings. The van der Waals surface area contributed by atoms with Crippen molar-refractivity contribution in [2.75, 3.05) is 13.2 Å². The monoisotopic (exact) mass is 345 g/mol. The topological polar surface area (TPSA) is 111 Å². The second-order valence-corrected chi connectivity index (χ2v) is 7.55. The quantitative estimate of drug-likeness (QED) is 0.441. The highest BCUT2D eigenvalue weighted by Crippen LogP contribution is 2.30. The van der Waals surface area contributed by atoms with E-state index in [-0.39, 0.29) is 0 Å². The highest BCUT2D eigenvalue weighted by Gasteiger charge is 2.44. The second-order valence-electron chi connectivity index (χ2n) is 7.55. The lowest BCUT2D eigenvalue weighted by atomic mass is 9.99. The van der Waals surface area contributed by atoms with Crippen LogP contribution in [0.1, 0.15) is 44.9 Å². The van der Waals surface area contributed by atoms with Crippen LogP contribution in [0.2, 0.25) is 0 Å². The molecule has 24 heavy (non-hydrogen) atoms. The number of nitrogens with one attached hydrogen (secondary N) is 1.